The molecule has 108 valence electrons. The molecule has 0 saturated carbocycles. The van der Waals surface area contributed by atoms with E-state index in [0.29, 0.717) is 6.04 Å². The first-order valence-corrected chi connectivity index (χ1v) is 8.00. The highest BCUT2D eigenvalue weighted by atomic mass is 32.2. The van der Waals surface area contributed by atoms with Gasteiger partial charge in [-0.3, -0.25) is 4.68 Å². The first kappa shape index (κ1) is 15.1. The van der Waals surface area contributed by atoms with E-state index in [-0.39, 0.29) is 0 Å². The Morgan fingerprint density at radius 3 is 2.80 bits per heavy atom. The second-order valence-electron chi connectivity index (χ2n) is 5.13. The first-order chi connectivity index (χ1) is 9.60. The van der Waals surface area contributed by atoms with Gasteiger partial charge >= 0.3 is 0 Å². The van der Waals surface area contributed by atoms with Gasteiger partial charge in [-0.05, 0) is 31.5 Å². The maximum Gasteiger partial charge on any atom is 0.0625 e. The van der Waals surface area contributed by atoms with Gasteiger partial charge in [-0.2, -0.15) is 5.10 Å². The summed E-state index contributed by atoms with van der Waals surface area (Å²) in [6, 6.07) is 7.07. The maximum atomic E-state index is 4.22. The number of benzene rings is 1. The lowest BCUT2D eigenvalue weighted by molar-refractivity contribution is 0.603. The lowest BCUT2D eigenvalue weighted by Gasteiger charge is -2.20. The van der Waals surface area contributed by atoms with E-state index in [2.05, 4.69) is 55.6 Å². The minimum atomic E-state index is 0.380. The number of aryl methyl sites for hydroxylation is 3. The van der Waals surface area contributed by atoms with Crippen LogP contribution in [0.4, 0.5) is 0 Å². The summed E-state index contributed by atoms with van der Waals surface area (Å²) in [6.07, 6.45) is 3.99. The highest BCUT2D eigenvalue weighted by Crippen LogP contribution is 2.26. The number of nitrogens with one attached hydrogen (secondary N) is 1. The van der Waals surface area contributed by atoms with Crippen LogP contribution in [0.1, 0.15) is 29.7 Å². The van der Waals surface area contributed by atoms with Crippen molar-refractivity contribution in [3.05, 3.63) is 47.3 Å². The van der Waals surface area contributed by atoms with E-state index >= 15 is 0 Å². The van der Waals surface area contributed by atoms with E-state index in [4.69, 9.17) is 0 Å². The summed E-state index contributed by atoms with van der Waals surface area (Å²) in [5.41, 5.74) is 4.08. The molecule has 1 aromatic heterocycles. The van der Waals surface area contributed by atoms with Crippen LogP contribution >= 0.6 is 11.8 Å². The molecule has 0 aliphatic carbocycles. The Labute approximate surface area is 125 Å². The van der Waals surface area contributed by atoms with Crippen LogP contribution in [0.2, 0.25) is 0 Å². The highest BCUT2D eigenvalue weighted by Gasteiger charge is 2.14. The molecule has 20 heavy (non-hydrogen) atoms. The Morgan fingerprint density at radius 1 is 1.35 bits per heavy atom. The van der Waals surface area contributed by atoms with Crippen LogP contribution in [0.3, 0.4) is 0 Å². The molecule has 0 bridgehead atoms. The van der Waals surface area contributed by atoms with Gasteiger partial charge in [0.2, 0.25) is 0 Å². The molecule has 4 heteroatoms. The van der Waals surface area contributed by atoms with Crippen LogP contribution in [-0.2, 0) is 7.05 Å². The Kier molecular flexibility index (Phi) is 5.26. The number of rotatable bonds is 6. The molecule has 3 nitrogen and oxygen atoms in total. The quantitative estimate of drug-likeness (QED) is 0.826. The Hall–Kier alpha value is -1.26. The lowest BCUT2D eigenvalue weighted by Crippen LogP contribution is -2.23. The van der Waals surface area contributed by atoms with Crippen molar-refractivity contribution < 1.29 is 0 Å². The number of hydrogen-bond acceptors (Lipinski definition) is 3. The van der Waals surface area contributed by atoms with Crippen molar-refractivity contribution in [1.82, 2.24) is 15.1 Å². The normalized spacial score (nSPS) is 12.6. The zero-order chi connectivity index (χ0) is 14.5. The van der Waals surface area contributed by atoms with E-state index in [9.17, 15) is 0 Å². The summed E-state index contributed by atoms with van der Waals surface area (Å²) in [7, 11) is 1.95. The standard InChI is InChI=1S/C16H23N3S/c1-5-17-16(11-20-14-9-18-19(4)10-14)15-8-12(2)6-7-13(15)3/h6-10,16-17H,5,11H2,1-4H3. The molecule has 0 aliphatic heterocycles. The second kappa shape index (κ2) is 6.95. The van der Waals surface area contributed by atoms with Crippen LogP contribution in [-0.4, -0.2) is 22.1 Å². The van der Waals surface area contributed by atoms with Crippen molar-refractivity contribution in [2.24, 2.45) is 7.05 Å². The fourth-order valence-electron chi connectivity index (χ4n) is 2.29. The molecule has 0 fully saturated rings. The monoisotopic (exact) mass is 289 g/mol. The third-order valence-corrected chi connectivity index (χ3v) is 4.40. The summed E-state index contributed by atoms with van der Waals surface area (Å²) in [5, 5.41) is 7.82. The van der Waals surface area contributed by atoms with Crippen molar-refractivity contribution >= 4 is 11.8 Å². The topological polar surface area (TPSA) is 29.9 Å². The molecule has 0 aliphatic rings. The summed E-state index contributed by atoms with van der Waals surface area (Å²) < 4.78 is 1.85. The molecule has 1 atom stereocenters. The Morgan fingerprint density at radius 2 is 2.15 bits per heavy atom. The van der Waals surface area contributed by atoms with Crippen molar-refractivity contribution in [2.75, 3.05) is 12.3 Å². The van der Waals surface area contributed by atoms with Crippen LogP contribution in [0.15, 0.2) is 35.5 Å². The molecule has 1 N–H and O–H groups in total. The molecular formula is C16H23N3S. The van der Waals surface area contributed by atoms with Crippen molar-refractivity contribution in [2.45, 2.75) is 31.7 Å². The fourth-order valence-corrected chi connectivity index (χ4v) is 3.30. The van der Waals surface area contributed by atoms with Crippen LogP contribution in [0, 0.1) is 13.8 Å². The molecule has 0 saturated heterocycles. The first-order valence-electron chi connectivity index (χ1n) is 7.02. The zero-order valence-corrected chi connectivity index (χ0v) is 13.5. The van der Waals surface area contributed by atoms with Gasteiger partial charge in [0.05, 0.1) is 6.20 Å². The van der Waals surface area contributed by atoms with Gasteiger partial charge in [0.1, 0.15) is 0 Å². The van der Waals surface area contributed by atoms with Crippen LogP contribution in [0.25, 0.3) is 0 Å². The fraction of sp³-hybridized carbons (Fsp3) is 0.438. The molecule has 2 aromatic rings. The number of hydrogen-bond donors (Lipinski definition) is 1. The molecule has 0 spiro atoms. The van der Waals surface area contributed by atoms with Crippen LogP contribution < -0.4 is 5.32 Å². The number of nitrogens with zero attached hydrogens (tertiary/aromatic N) is 2. The minimum absolute atomic E-state index is 0.380. The van der Waals surface area contributed by atoms with Gasteiger partial charge in [0.15, 0.2) is 0 Å². The third-order valence-electron chi connectivity index (χ3n) is 3.36. The average Bonchev–Trinajstić information content (AvgIpc) is 2.83. The minimum Gasteiger partial charge on any atom is -0.309 e. The summed E-state index contributed by atoms with van der Waals surface area (Å²) >= 11 is 1.85. The number of aromatic nitrogens is 2. The molecular weight excluding hydrogens is 266 g/mol. The van der Waals surface area contributed by atoms with Gasteiger partial charge in [-0.15, -0.1) is 11.8 Å². The second-order valence-corrected chi connectivity index (χ2v) is 6.22. The highest BCUT2D eigenvalue weighted by molar-refractivity contribution is 7.99. The van der Waals surface area contributed by atoms with Gasteiger partial charge in [0.25, 0.3) is 0 Å². The summed E-state index contributed by atoms with van der Waals surface area (Å²) in [4.78, 5) is 1.22. The Bertz CT molecular complexity index is 563. The van der Waals surface area contributed by atoms with Crippen molar-refractivity contribution in [3.8, 4) is 0 Å². The van der Waals surface area contributed by atoms with E-state index < -0.39 is 0 Å². The maximum absolute atomic E-state index is 4.22. The van der Waals surface area contributed by atoms with Crippen molar-refractivity contribution in [1.29, 1.82) is 0 Å². The predicted molar refractivity (Wildman–Crippen MR) is 86.3 cm³/mol. The van der Waals surface area contributed by atoms with E-state index in [0.717, 1.165) is 12.3 Å². The summed E-state index contributed by atoms with van der Waals surface area (Å²) in [6.45, 7) is 7.48. The van der Waals surface area contributed by atoms with Crippen LogP contribution in [0.5, 0.6) is 0 Å². The van der Waals surface area contributed by atoms with Gasteiger partial charge in [-0.1, -0.05) is 30.7 Å². The average molecular weight is 289 g/mol. The molecule has 1 heterocycles. The zero-order valence-electron chi connectivity index (χ0n) is 12.7. The molecule has 1 unspecified atom stereocenters. The lowest BCUT2D eigenvalue weighted by atomic mass is 10.00. The summed E-state index contributed by atoms with van der Waals surface area (Å²) in [5.74, 6) is 1.02. The van der Waals surface area contributed by atoms with Gasteiger partial charge < -0.3 is 5.32 Å². The SMILES string of the molecule is CCNC(CSc1cnn(C)c1)c1cc(C)ccc1C. The molecule has 2 rings (SSSR count). The smallest absolute Gasteiger partial charge is 0.0625 e. The molecule has 1 aromatic carbocycles. The third kappa shape index (κ3) is 3.87. The molecule has 0 radical (unpaired) electrons. The Balaban J connectivity index is 2.11. The van der Waals surface area contributed by atoms with Crippen molar-refractivity contribution in [3.63, 3.8) is 0 Å². The molecule has 0 amide bonds. The predicted octanol–water partition coefficient (Wildman–Crippen LogP) is 3.48. The van der Waals surface area contributed by atoms with E-state index in [1.54, 1.807) is 0 Å². The van der Waals surface area contributed by atoms with E-state index in [1.165, 1.54) is 21.6 Å². The van der Waals surface area contributed by atoms with Gasteiger partial charge in [-0.25, -0.2) is 0 Å². The van der Waals surface area contributed by atoms with E-state index in [1.807, 2.05) is 29.7 Å². The largest absolute Gasteiger partial charge is 0.309 e. The number of thioether (sulfide) groups is 1. The van der Waals surface area contributed by atoms with Gasteiger partial charge in [0, 0.05) is 29.9 Å².